The fourth-order valence-corrected chi connectivity index (χ4v) is 1.74. The molecule has 0 unspecified atom stereocenters. The zero-order valence-electron chi connectivity index (χ0n) is 6.89. The normalized spacial score (nSPS) is 20.7. The molecule has 0 aliphatic carbocycles. The molecule has 2 nitrogen and oxygen atoms in total. The number of hydrogen-bond donors (Lipinski definition) is 1. The van der Waals surface area contributed by atoms with Crippen molar-refractivity contribution in [2.45, 2.75) is 12.5 Å². The summed E-state index contributed by atoms with van der Waals surface area (Å²) >= 11 is 11.7. The second-order valence-corrected chi connectivity index (χ2v) is 3.86. The Morgan fingerprint density at radius 2 is 2.00 bits per heavy atom. The van der Waals surface area contributed by atoms with Crippen molar-refractivity contribution in [2.75, 3.05) is 6.61 Å². The van der Waals surface area contributed by atoms with Crippen LogP contribution >= 0.6 is 23.2 Å². The van der Waals surface area contributed by atoms with Crippen LogP contribution in [0.1, 0.15) is 18.0 Å². The fraction of sp³-hybridized carbons (Fsp3) is 0.333. The van der Waals surface area contributed by atoms with Crippen molar-refractivity contribution in [3.05, 3.63) is 27.7 Å². The Morgan fingerprint density at radius 1 is 1.31 bits per heavy atom. The van der Waals surface area contributed by atoms with Crippen molar-refractivity contribution in [2.24, 2.45) is 5.73 Å². The maximum absolute atomic E-state index is 5.88. The number of halogens is 2. The molecule has 0 saturated heterocycles. The van der Waals surface area contributed by atoms with Gasteiger partial charge in [-0.05, 0) is 6.07 Å². The maximum atomic E-state index is 5.88. The molecule has 0 bridgehead atoms. The topological polar surface area (TPSA) is 35.2 Å². The van der Waals surface area contributed by atoms with Gasteiger partial charge in [-0.15, -0.1) is 0 Å². The van der Waals surface area contributed by atoms with Crippen LogP contribution < -0.4 is 10.5 Å². The molecule has 1 aliphatic heterocycles. The van der Waals surface area contributed by atoms with E-state index in [9.17, 15) is 0 Å². The average molecular weight is 218 g/mol. The van der Waals surface area contributed by atoms with E-state index in [2.05, 4.69) is 0 Å². The number of benzene rings is 1. The Labute approximate surface area is 86.6 Å². The minimum atomic E-state index is 0.0125. The van der Waals surface area contributed by atoms with Crippen LogP contribution in [0.15, 0.2) is 12.1 Å². The summed E-state index contributed by atoms with van der Waals surface area (Å²) in [5, 5.41) is 1.04. The lowest BCUT2D eigenvalue weighted by molar-refractivity contribution is 0.269. The average Bonchev–Trinajstić information content (AvgIpc) is 2.09. The van der Waals surface area contributed by atoms with Crippen LogP contribution in [-0.4, -0.2) is 6.61 Å². The van der Waals surface area contributed by atoms with Crippen molar-refractivity contribution in [1.29, 1.82) is 0 Å². The molecule has 0 spiro atoms. The number of fused-ring (bicyclic) bond motifs is 1. The lowest BCUT2D eigenvalue weighted by Gasteiger charge is -2.23. The van der Waals surface area contributed by atoms with Crippen molar-refractivity contribution in [3.63, 3.8) is 0 Å². The van der Waals surface area contributed by atoms with Gasteiger partial charge in [0, 0.05) is 24.1 Å². The minimum absolute atomic E-state index is 0.0125. The van der Waals surface area contributed by atoms with Gasteiger partial charge in [-0.25, -0.2) is 0 Å². The zero-order chi connectivity index (χ0) is 9.42. The highest BCUT2D eigenvalue weighted by Gasteiger charge is 2.19. The van der Waals surface area contributed by atoms with Crippen molar-refractivity contribution < 1.29 is 4.74 Å². The third kappa shape index (κ3) is 1.62. The van der Waals surface area contributed by atoms with E-state index < -0.39 is 0 Å². The van der Waals surface area contributed by atoms with Gasteiger partial charge in [0.05, 0.1) is 16.7 Å². The van der Waals surface area contributed by atoms with E-state index in [0.717, 1.165) is 17.7 Å². The minimum Gasteiger partial charge on any atom is -0.493 e. The Balaban J connectivity index is 2.52. The van der Waals surface area contributed by atoms with E-state index in [-0.39, 0.29) is 6.04 Å². The summed E-state index contributed by atoms with van der Waals surface area (Å²) in [7, 11) is 0. The molecular weight excluding hydrogens is 209 g/mol. The molecule has 1 aromatic rings. The van der Waals surface area contributed by atoms with Gasteiger partial charge in [0.1, 0.15) is 5.75 Å². The second kappa shape index (κ2) is 3.37. The molecule has 2 N–H and O–H groups in total. The van der Waals surface area contributed by atoms with Crippen LogP contribution in [0, 0.1) is 0 Å². The number of hydrogen-bond acceptors (Lipinski definition) is 2. The predicted molar refractivity (Wildman–Crippen MR) is 53.5 cm³/mol. The molecule has 0 saturated carbocycles. The highest BCUT2D eigenvalue weighted by atomic mass is 35.5. The fourth-order valence-electron chi connectivity index (χ4n) is 1.41. The maximum Gasteiger partial charge on any atom is 0.125 e. The van der Waals surface area contributed by atoms with Crippen LogP contribution in [0.2, 0.25) is 10.0 Å². The monoisotopic (exact) mass is 217 g/mol. The van der Waals surface area contributed by atoms with Crippen molar-refractivity contribution in [3.8, 4) is 5.75 Å². The van der Waals surface area contributed by atoms with Crippen LogP contribution in [-0.2, 0) is 0 Å². The molecule has 1 aromatic carbocycles. The third-order valence-corrected chi connectivity index (χ3v) is 2.86. The molecule has 1 atom stereocenters. The molecular formula is C9H9Cl2NO. The standard InChI is InChI=1S/C9H9Cl2NO/c10-6-3-5-8(12)1-2-13-9(5)4-7(6)11/h3-4,8H,1-2,12H2/t8-/m0/s1. The van der Waals surface area contributed by atoms with Crippen LogP contribution in [0.25, 0.3) is 0 Å². The quantitative estimate of drug-likeness (QED) is 0.726. The Kier molecular flexibility index (Phi) is 2.37. The first-order valence-electron chi connectivity index (χ1n) is 4.06. The summed E-state index contributed by atoms with van der Waals surface area (Å²) in [6, 6.07) is 3.51. The van der Waals surface area contributed by atoms with Gasteiger partial charge < -0.3 is 10.5 Å². The zero-order valence-corrected chi connectivity index (χ0v) is 8.40. The second-order valence-electron chi connectivity index (χ2n) is 3.05. The first kappa shape index (κ1) is 9.13. The summed E-state index contributed by atoms with van der Waals surface area (Å²) in [6.07, 6.45) is 0.824. The van der Waals surface area contributed by atoms with E-state index in [1.54, 1.807) is 12.1 Å². The summed E-state index contributed by atoms with van der Waals surface area (Å²) in [5.41, 5.74) is 6.83. The van der Waals surface area contributed by atoms with E-state index in [0.29, 0.717) is 16.7 Å². The molecule has 0 fully saturated rings. The van der Waals surface area contributed by atoms with E-state index in [1.807, 2.05) is 0 Å². The van der Waals surface area contributed by atoms with Gasteiger partial charge in [0.2, 0.25) is 0 Å². The van der Waals surface area contributed by atoms with Gasteiger partial charge in [0.25, 0.3) is 0 Å². The highest BCUT2D eigenvalue weighted by Crippen LogP contribution is 2.36. The van der Waals surface area contributed by atoms with Crippen molar-refractivity contribution in [1.82, 2.24) is 0 Å². The SMILES string of the molecule is N[C@H]1CCOc2cc(Cl)c(Cl)cc21. The van der Waals surface area contributed by atoms with Gasteiger partial charge in [-0.3, -0.25) is 0 Å². The smallest absolute Gasteiger partial charge is 0.125 e. The van der Waals surface area contributed by atoms with Crippen LogP contribution in [0.4, 0.5) is 0 Å². The largest absolute Gasteiger partial charge is 0.493 e. The summed E-state index contributed by atoms with van der Waals surface area (Å²) in [5.74, 6) is 0.758. The molecule has 70 valence electrons. The summed E-state index contributed by atoms with van der Waals surface area (Å²) in [6.45, 7) is 0.645. The van der Waals surface area contributed by atoms with Crippen molar-refractivity contribution >= 4 is 23.2 Å². The molecule has 0 radical (unpaired) electrons. The van der Waals surface area contributed by atoms with Gasteiger partial charge in [-0.1, -0.05) is 23.2 Å². The van der Waals surface area contributed by atoms with E-state index in [1.165, 1.54) is 0 Å². The highest BCUT2D eigenvalue weighted by molar-refractivity contribution is 6.42. The molecule has 0 aromatic heterocycles. The third-order valence-electron chi connectivity index (χ3n) is 2.14. The van der Waals surface area contributed by atoms with Crippen LogP contribution in [0.5, 0.6) is 5.75 Å². The number of nitrogens with two attached hydrogens (primary N) is 1. The van der Waals surface area contributed by atoms with Crippen LogP contribution in [0.3, 0.4) is 0 Å². The molecule has 13 heavy (non-hydrogen) atoms. The lowest BCUT2D eigenvalue weighted by Crippen LogP contribution is -2.20. The molecule has 4 heteroatoms. The first-order valence-corrected chi connectivity index (χ1v) is 4.81. The molecule has 1 aliphatic rings. The van der Waals surface area contributed by atoms with Gasteiger partial charge in [0.15, 0.2) is 0 Å². The predicted octanol–water partition coefficient (Wildman–Crippen LogP) is 2.78. The Bertz CT molecular complexity index is 341. The summed E-state index contributed by atoms with van der Waals surface area (Å²) in [4.78, 5) is 0. The Morgan fingerprint density at radius 3 is 2.77 bits per heavy atom. The van der Waals surface area contributed by atoms with Gasteiger partial charge >= 0.3 is 0 Å². The lowest BCUT2D eigenvalue weighted by atomic mass is 10.0. The van der Waals surface area contributed by atoms with Gasteiger partial charge in [-0.2, -0.15) is 0 Å². The number of ether oxygens (including phenoxy) is 1. The Hall–Kier alpha value is -0.440. The van der Waals surface area contributed by atoms with E-state index in [4.69, 9.17) is 33.7 Å². The first-order chi connectivity index (χ1) is 6.18. The van der Waals surface area contributed by atoms with E-state index >= 15 is 0 Å². The molecule has 0 amide bonds. The number of rotatable bonds is 0. The molecule has 1 heterocycles. The molecule has 2 rings (SSSR count). The summed E-state index contributed by atoms with van der Waals surface area (Å²) < 4.78 is 5.41.